The van der Waals surface area contributed by atoms with Crippen LogP contribution in [0.25, 0.3) is 5.57 Å². The molecule has 0 aliphatic carbocycles. The molecule has 4 nitrogen and oxygen atoms in total. The standard InChI is InChI=1S/C19H21N2O2.C2H6.Fm/c1-15(16-8-10-19(23-3)11-9-16)12-21(20-2)13-17-6-4-5-7-18(17)14-22;1-2;/h4-12,20H,13H2,1-3H3;1-2H3;/q-1;;/b15-12+;;. The van der Waals surface area contributed by atoms with Crippen LogP contribution in [0.15, 0.2) is 54.7 Å². The first-order valence-electron chi connectivity index (χ1n) is 8.41. The van der Waals surface area contributed by atoms with Crippen LogP contribution in [0.5, 0.6) is 5.75 Å². The average molecular weight is 596 g/mol. The maximum absolute atomic E-state index is 11.0. The normalized spacial score (nSPS) is 10.1. The molecular weight excluding hydrogens is 569 g/mol. The van der Waals surface area contributed by atoms with Gasteiger partial charge in [-0.1, -0.05) is 32.0 Å². The zero-order valence-corrected chi connectivity index (χ0v) is 18.4. The number of allylic oxidation sites excluding steroid dienone is 1. The number of benzene rings is 2. The topological polar surface area (TPSA) is 41.6 Å². The van der Waals surface area contributed by atoms with Gasteiger partial charge in [0.05, 0.1) is 13.4 Å². The van der Waals surface area contributed by atoms with Crippen molar-refractivity contribution in [3.8, 4) is 5.75 Å². The Labute approximate surface area is 151 Å². The van der Waals surface area contributed by atoms with Gasteiger partial charge in [0.2, 0.25) is 0 Å². The maximum Gasteiger partial charge on any atom is 0.118 e. The summed E-state index contributed by atoms with van der Waals surface area (Å²) in [6.07, 6.45) is 4.00. The Morgan fingerprint density at radius 3 is 2.31 bits per heavy atom. The third-order valence-corrected chi connectivity index (χ3v) is 3.65. The molecule has 0 radical (unpaired) electrons. The number of hydrogen-bond acceptors (Lipinski definition) is 4. The van der Waals surface area contributed by atoms with Gasteiger partial charge in [-0.15, -0.1) is 23.3 Å². The molecule has 1 N–H and O–H groups in total. The molecule has 5 heteroatoms. The molecule has 0 saturated heterocycles. The third-order valence-electron chi connectivity index (χ3n) is 3.65. The van der Waals surface area contributed by atoms with E-state index in [1.807, 2.05) is 87.8 Å². The monoisotopic (exact) mass is 596 g/mol. The molecular formula is C21H27FmN2O2-. The van der Waals surface area contributed by atoms with E-state index in [1.54, 1.807) is 13.2 Å². The van der Waals surface area contributed by atoms with Crippen LogP contribution in [0, 0.1) is 0 Å². The van der Waals surface area contributed by atoms with Crippen LogP contribution in [-0.2, 0) is 11.3 Å². The van der Waals surface area contributed by atoms with Crippen molar-refractivity contribution in [3.63, 3.8) is 0 Å². The van der Waals surface area contributed by atoms with Crippen molar-refractivity contribution in [1.82, 2.24) is 10.4 Å². The van der Waals surface area contributed by atoms with E-state index in [0.29, 0.717) is 12.1 Å². The van der Waals surface area contributed by atoms with E-state index >= 15 is 0 Å². The minimum absolute atomic E-state index is 0. The molecule has 2 rings (SSSR count). The fraction of sp³-hybridized carbons (Fsp3) is 0.286. The maximum atomic E-state index is 11.0. The number of nitrogens with one attached hydrogen (secondary N) is 1. The summed E-state index contributed by atoms with van der Waals surface area (Å²) in [7, 11) is 3.51. The molecule has 0 aliphatic heterocycles. The number of methoxy groups -OCH3 is 1. The molecule has 0 heterocycles. The Balaban J connectivity index is 0.00000201. The van der Waals surface area contributed by atoms with Crippen LogP contribution >= 0.6 is 0 Å². The second kappa shape index (κ2) is 11.9. The second-order valence-corrected chi connectivity index (χ2v) is 5.15. The fourth-order valence-electron chi connectivity index (χ4n) is 2.29. The van der Waals surface area contributed by atoms with Crippen molar-refractivity contribution in [2.24, 2.45) is 0 Å². The predicted molar refractivity (Wildman–Crippen MR) is 104 cm³/mol. The Morgan fingerprint density at radius 1 is 1.15 bits per heavy atom. The van der Waals surface area contributed by atoms with Gasteiger partial charge in [0.1, 0.15) is 5.75 Å². The van der Waals surface area contributed by atoms with Crippen LogP contribution in [0.3, 0.4) is 0 Å². The molecule has 0 saturated carbocycles. The van der Waals surface area contributed by atoms with Gasteiger partial charge < -0.3 is 14.5 Å². The van der Waals surface area contributed by atoms with Gasteiger partial charge in [0, 0.05) is 19.8 Å². The third kappa shape index (κ3) is 6.13. The summed E-state index contributed by atoms with van der Waals surface area (Å²) in [5.41, 5.74) is 6.86. The average Bonchev–Trinajstić information content (AvgIpc) is 2.69. The number of nitrogens with zero attached hydrogens (tertiary/aromatic N) is 1. The summed E-state index contributed by atoms with van der Waals surface area (Å²) < 4.78 is 5.18. The molecule has 0 spiro atoms. The van der Waals surface area contributed by atoms with Crippen LogP contribution in [0.2, 0.25) is 0 Å². The zero-order valence-electron chi connectivity index (χ0n) is 16.0. The molecule has 0 amide bonds. The number of hydrazine groups is 1. The molecule has 2 aromatic carbocycles. The molecule has 2 aromatic rings. The molecule has 146 valence electrons. The second-order valence-electron chi connectivity index (χ2n) is 5.15. The Kier molecular flexibility index (Phi) is 10.2. The largest absolute Gasteiger partial charge is 0.497 e. The van der Waals surface area contributed by atoms with Crippen molar-refractivity contribution < 1.29 is 9.53 Å². The van der Waals surface area contributed by atoms with E-state index in [1.165, 1.54) is 0 Å². The molecule has 0 atom stereocenters. The van der Waals surface area contributed by atoms with E-state index in [2.05, 4.69) is 5.43 Å². The van der Waals surface area contributed by atoms with Crippen molar-refractivity contribution in [1.29, 1.82) is 0 Å². The number of ether oxygens (including phenoxy) is 1. The summed E-state index contributed by atoms with van der Waals surface area (Å²) in [5, 5.41) is 1.94. The Hall–Kier alpha value is -3.59. The minimum Gasteiger partial charge on any atom is -0.497 e. The van der Waals surface area contributed by atoms with Gasteiger partial charge in [-0.05, 0) is 30.2 Å². The van der Waals surface area contributed by atoms with E-state index in [9.17, 15) is 4.79 Å². The number of rotatable bonds is 7. The summed E-state index contributed by atoms with van der Waals surface area (Å²) in [6, 6.07) is 15.4. The smallest absolute Gasteiger partial charge is 0.118 e. The van der Waals surface area contributed by atoms with Gasteiger partial charge in [0.25, 0.3) is 0 Å². The van der Waals surface area contributed by atoms with Gasteiger partial charge in [-0.25, -0.2) is 5.43 Å². The van der Waals surface area contributed by atoms with Crippen molar-refractivity contribution in [2.45, 2.75) is 27.3 Å². The van der Waals surface area contributed by atoms with Gasteiger partial charge >= 0.3 is 0 Å². The molecule has 0 aromatic heterocycles. The van der Waals surface area contributed by atoms with Crippen molar-refractivity contribution in [2.75, 3.05) is 14.2 Å². The molecule has 0 aliphatic rings. The summed E-state index contributed by atoms with van der Waals surface area (Å²) >= 11 is 0. The van der Waals surface area contributed by atoms with E-state index < -0.39 is 0 Å². The Bertz CT molecular complexity index is 685. The quantitative estimate of drug-likeness (QED) is 0.385. The summed E-state index contributed by atoms with van der Waals surface area (Å²) in [6.45, 7) is 6.62. The van der Waals surface area contributed by atoms with E-state index in [4.69, 9.17) is 4.74 Å². The minimum atomic E-state index is 0. The first-order valence-corrected chi connectivity index (χ1v) is 8.41. The molecule has 0 bridgehead atoms. The van der Waals surface area contributed by atoms with Gasteiger partial charge in [0.15, 0.2) is 0 Å². The van der Waals surface area contributed by atoms with E-state index in [-0.39, 0.29) is 0 Å². The van der Waals surface area contributed by atoms with Crippen LogP contribution < -0.4 is 10.2 Å². The van der Waals surface area contributed by atoms with Crippen LogP contribution in [-0.4, -0.2) is 25.5 Å². The molecule has 0 unspecified atom stereocenters. The summed E-state index contributed by atoms with van der Waals surface area (Å²) in [4.78, 5) is 11.0. The molecule has 0 fully saturated rings. The van der Waals surface area contributed by atoms with Crippen LogP contribution in [0.4, 0.5) is 0 Å². The SMILES string of the molecule is CC.CNN(/C=C(\C)c1ccc(OC)cc1)Cc1ccccc1[C-]=O.[Fm]. The van der Waals surface area contributed by atoms with Crippen molar-refractivity contribution >= 4 is 11.9 Å². The van der Waals surface area contributed by atoms with Gasteiger partial charge in [-0.2, -0.15) is 6.07 Å². The van der Waals surface area contributed by atoms with Gasteiger partial charge in [-0.3, -0.25) is 0 Å². The first kappa shape index (κ1) is 22.4. The number of hydrogen-bond donors (Lipinski definition) is 1. The number of carbonyl (C=O) groups excluding carboxylic acids is 1. The predicted octanol–water partition coefficient (Wildman–Crippen LogP) is 4.18. The van der Waals surface area contributed by atoms with E-state index in [0.717, 1.165) is 22.4 Å². The first-order chi connectivity index (χ1) is 12.2. The Morgan fingerprint density at radius 2 is 1.77 bits per heavy atom. The van der Waals surface area contributed by atoms with Crippen LogP contribution in [0.1, 0.15) is 37.5 Å². The zero-order chi connectivity index (χ0) is 18.7. The summed E-state index contributed by atoms with van der Waals surface area (Å²) in [5.74, 6) is 0.836. The molecule has 26 heavy (non-hydrogen) atoms. The fourth-order valence-corrected chi connectivity index (χ4v) is 2.29. The van der Waals surface area contributed by atoms with Crippen molar-refractivity contribution in [3.05, 3.63) is 71.4 Å².